The zero-order valence-corrected chi connectivity index (χ0v) is 16.4. The van der Waals surface area contributed by atoms with Crippen molar-refractivity contribution in [2.75, 3.05) is 12.9 Å². The van der Waals surface area contributed by atoms with Gasteiger partial charge < -0.3 is 10.5 Å². The Morgan fingerprint density at radius 2 is 2.19 bits per heavy atom. The molecule has 0 saturated heterocycles. The van der Waals surface area contributed by atoms with Gasteiger partial charge in [0.25, 0.3) is 0 Å². The van der Waals surface area contributed by atoms with Gasteiger partial charge in [-0.3, -0.25) is 9.79 Å². The number of ether oxygens (including phenoxy) is 1. The fourth-order valence-electron chi connectivity index (χ4n) is 3.20. The first-order valence-electron chi connectivity index (χ1n) is 8.63. The van der Waals surface area contributed by atoms with Crippen molar-refractivity contribution < 1.29 is 13.9 Å². The molecule has 2 aromatic rings. The van der Waals surface area contributed by atoms with E-state index in [0.717, 1.165) is 16.9 Å². The number of ketones is 1. The van der Waals surface area contributed by atoms with Gasteiger partial charge in [0.15, 0.2) is 11.0 Å². The molecule has 0 radical (unpaired) electrons. The Morgan fingerprint density at radius 1 is 1.41 bits per heavy atom. The van der Waals surface area contributed by atoms with E-state index < -0.39 is 5.54 Å². The quantitative estimate of drug-likeness (QED) is 0.793. The number of Topliss-reactive ketones (excluding diaryl/α,β-unsaturated/α-hetero) is 1. The second kappa shape index (κ2) is 7.68. The molecule has 0 saturated carbocycles. The molecule has 0 fully saturated rings. The topological polar surface area (TPSA) is 77.6 Å². The normalized spacial score (nSPS) is 19.5. The number of pyridine rings is 1. The molecule has 0 amide bonds. The lowest BCUT2D eigenvalue weighted by atomic mass is 9.87. The van der Waals surface area contributed by atoms with Gasteiger partial charge in [0.05, 0.1) is 18.8 Å². The molecule has 1 aliphatic heterocycles. The van der Waals surface area contributed by atoms with Crippen molar-refractivity contribution in [2.24, 2.45) is 10.7 Å². The Hall–Kier alpha value is -2.41. The number of aryl methyl sites for hydroxylation is 1. The summed E-state index contributed by atoms with van der Waals surface area (Å²) < 4.78 is 19.6. The number of benzene rings is 1. The third-order valence-electron chi connectivity index (χ3n) is 4.72. The van der Waals surface area contributed by atoms with Crippen LogP contribution in [0.5, 0.6) is 5.75 Å². The summed E-state index contributed by atoms with van der Waals surface area (Å²) in [4.78, 5) is 21.4. The van der Waals surface area contributed by atoms with Crippen molar-refractivity contribution in [2.45, 2.75) is 32.2 Å². The Kier molecular flexibility index (Phi) is 5.51. The van der Waals surface area contributed by atoms with E-state index in [1.165, 1.54) is 24.0 Å². The van der Waals surface area contributed by atoms with E-state index >= 15 is 0 Å². The van der Waals surface area contributed by atoms with E-state index in [1.54, 1.807) is 25.3 Å². The summed E-state index contributed by atoms with van der Waals surface area (Å²) in [5.74, 6) is 0.922. The fourth-order valence-corrected chi connectivity index (χ4v) is 4.17. The molecule has 5 nitrogen and oxygen atoms in total. The fraction of sp³-hybridized carbons (Fsp3) is 0.350. The van der Waals surface area contributed by atoms with Crippen molar-refractivity contribution in [1.29, 1.82) is 0 Å². The average Bonchev–Trinajstić information content (AvgIpc) is 2.62. The second-order valence-corrected chi connectivity index (χ2v) is 7.89. The van der Waals surface area contributed by atoms with Crippen molar-refractivity contribution in [3.63, 3.8) is 0 Å². The summed E-state index contributed by atoms with van der Waals surface area (Å²) in [6.45, 7) is 3.69. The maximum absolute atomic E-state index is 14.5. The minimum Gasteiger partial charge on any atom is -0.495 e. The lowest BCUT2D eigenvalue weighted by molar-refractivity contribution is 0.0987. The predicted octanol–water partition coefficient (Wildman–Crippen LogP) is 3.63. The summed E-state index contributed by atoms with van der Waals surface area (Å²) in [6.07, 6.45) is 2.35. The summed E-state index contributed by atoms with van der Waals surface area (Å²) in [5, 5.41) is 0.461. The van der Waals surface area contributed by atoms with Crippen LogP contribution in [0.3, 0.4) is 0 Å². The highest BCUT2D eigenvalue weighted by Crippen LogP contribution is 2.36. The molecule has 0 spiro atoms. The number of nitrogens with two attached hydrogens (primary N) is 1. The number of amidine groups is 1. The van der Waals surface area contributed by atoms with Gasteiger partial charge in [0.2, 0.25) is 0 Å². The lowest BCUT2D eigenvalue weighted by Gasteiger charge is -2.30. The smallest absolute Gasteiger partial charge is 0.185 e. The van der Waals surface area contributed by atoms with Crippen LogP contribution in [0.1, 0.15) is 40.5 Å². The number of rotatable bonds is 5. The molecule has 1 aliphatic rings. The minimum atomic E-state index is -0.716. The van der Waals surface area contributed by atoms with Crippen LogP contribution in [0.4, 0.5) is 4.39 Å². The number of aliphatic imine (C=N–C) groups is 1. The van der Waals surface area contributed by atoms with Gasteiger partial charge in [-0.1, -0.05) is 17.8 Å². The number of aromatic nitrogens is 1. The maximum atomic E-state index is 14.5. The molecule has 2 N–H and O–H groups in total. The molecule has 0 aliphatic carbocycles. The van der Waals surface area contributed by atoms with Crippen molar-refractivity contribution in [3.8, 4) is 5.75 Å². The highest BCUT2D eigenvalue weighted by atomic mass is 32.2. The van der Waals surface area contributed by atoms with Crippen LogP contribution in [-0.4, -0.2) is 28.8 Å². The number of carbonyl (C=O) groups excluding carboxylic acids is 1. The molecule has 7 heteroatoms. The van der Waals surface area contributed by atoms with Crippen molar-refractivity contribution >= 4 is 22.7 Å². The maximum Gasteiger partial charge on any atom is 0.185 e. The van der Waals surface area contributed by atoms with Crippen LogP contribution < -0.4 is 10.5 Å². The van der Waals surface area contributed by atoms with E-state index in [9.17, 15) is 9.18 Å². The standard InChI is InChI=1S/C20H22FN3O2S/c1-12-8-14(26-3)11-23-18(12)17(25)10-13-4-5-16(21)15(9-13)20(2)6-7-27-19(22)24-20/h4-5,8-9,11H,6-7,10H2,1-3H3,(H2,22,24). The van der Waals surface area contributed by atoms with E-state index in [0.29, 0.717) is 28.6 Å². The van der Waals surface area contributed by atoms with Gasteiger partial charge in [0, 0.05) is 17.7 Å². The van der Waals surface area contributed by atoms with Crippen LogP contribution in [0.2, 0.25) is 0 Å². The highest BCUT2D eigenvalue weighted by molar-refractivity contribution is 8.13. The van der Waals surface area contributed by atoms with Crippen LogP contribution >= 0.6 is 11.8 Å². The Bertz CT molecular complexity index is 916. The van der Waals surface area contributed by atoms with Crippen LogP contribution in [-0.2, 0) is 12.0 Å². The Balaban J connectivity index is 1.88. The second-order valence-electron chi connectivity index (χ2n) is 6.78. The molecular formula is C20H22FN3O2S. The number of hydrogen-bond donors (Lipinski definition) is 1. The third-order valence-corrected chi connectivity index (χ3v) is 5.52. The first-order valence-corrected chi connectivity index (χ1v) is 9.62. The predicted molar refractivity (Wildman–Crippen MR) is 106 cm³/mol. The summed E-state index contributed by atoms with van der Waals surface area (Å²) in [7, 11) is 1.55. The van der Waals surface area contributed by atoms with Gasteiger partial charge in [-0.15, -0.1) is 0 Å². The molecule has 1 aromatic heterocycles. The summed E-state index contributed by atoms with van der Waals surface area (Å²) in [6, 6.07) is 6.52. The number of thioether (sulfide) groups is 1. The first-order chi connectivity index (χ1) is 12.8. The third kappa shape index (κ3) is 4.13. The van der Waals surface area contributed by atoms with Crippen LogP contribution in [0.25, 0.3) is 0 Å². The SMILES string of the molecule is COc1cnc(C(=O)Cc2ccc(F)c(C3(C)CCSC(N)=N3)c2)c(C)c1. The molecular weight excluding hydrogens is 365 g/mol. The van der Waals surface area contributed by atoms with E-state index in [2.05, 4.69) is 9.98 Å². The number of halogens is 1. The summed E-state index contributed by atoms with van der Waals surface area (Å²) >= 11 is 1.47. The van der Waals surface area contributed by atoms with Crippen molar-refractivity contribution in [1.82, 2.24) is 4.98 Å². The van der Waals surface area contributed by atoms with Gasteiger partial charge in [-0.05, 0) is 49.6 Å². The molecule has 1 atom stereocenters. The molecule has 142 valence electrons. The number of nitrogens with zero attached hydrogens (tertiary/aromatic N) is 2. The monoisotopic (exact) mass is 387 g/mol. The van der Waals surface area contributed by atoms with Crippen molar-refractivity contribution in [3.05, 3.63) is 58.7 Å². The largest absolute Gasteiger partial charge is 0.495 e. The van der Waals surface area contributed by atoms with E-state index in [1.807, 2.05) is 13.8 Å². The number of methoxy groups -OCH3 is 1. The van der Waals surface area contributed by atoms with Gasteiger partial charge in [-0.2, -0.15) is 0 Å². The Morgan fingerprint density at radius 3 is 2.85 bits per heavy atom. The van der Waals surface area contributed by atoms with E-state index in [4.69, 9.17) is 10.5 Å². The van der Waals surface area contributed by atoms with Gasteiger partial charge in [0.1, 0.15) is 17.3 Å². The van der Waals surface area contributed by atoms with E-state index in [-0.39, 0.29) is 18.0 Å². The first kappa shape index (κ1) is 19.4. The Labute approximate surface area is 162 Å². The molecule has 1 unspecified atom stereocenters. The van der Waals surface area contributed by atoms with Crippen LogP contribution in [0.15, 0.2) is 35.5 Å². The van der Waals surface area contributed by atoms with Gasteiger partial charge in [-0.25, -0.2) is 9.37 Å². The molecule has 1 aromatic carbocycles. The zero-order chi connectivity index (χ0) is 19.6. The van der Waals surface area contributed by atoms with Crippen LogP contribution in [0, 0.1) is 12.7 Å². The zero-order valence-electron chi connectivity index (χ0n) is 15.6. The summed E-state index contributed by atoms with van der Waals surface area (Å²) in [5.41, 5.74) is 7.47. The van der Waals surface area contributed by atoms with Gasteiger partial charge >= 0.3 is 0 Å². The highest BCUT2D eigenvalue weighted by Gasteiger charge is 2.32. The molecule has 0 bridgehead atoms. The average molecular weight is 387 g/mol. The molecule has 2 heterocycles. The lowest BCUT2D eigenvalue weighted by Crippen LogP contribution is -2.29. The molecule has 3 rings (SSSR count). The molecule has 27 heavy (non-hydrogen) atoms. The number of hydrogen-bond acceptors (Lipinski definition) is 6. The number of carbonyl (C=O) groups is 1. The minimum absolute atomic E-state index is 0.125.